The van der Waals surface area contributed by atoms with Gasteiger partial charge in [-0.05, 0) is 60.4 Å². The number of nitrogens with one attached hydrogen (secondary N) is 1. The van der Waals surface area contributed by atoms with Crippen molar-refractivity contribution >= 4 is 11.9 Å². The summed E-state index contributed by atoms with van der Waals surface area (Å²) in [6.45, 7) is 0. The number of alkyl halides is 2. The van der Waals surface area contributed by atoms with E-state index in [1.807, 2.05) is 6.07 Å². The summed E-state index contributed by atoms with van der Waals surface area (Å²) < 4.78 is 47.7. The number of fused-ring (bicyclic) bond motifs is 2. The first kappa shape index (κ1) is 24.0. The molecule has 1 saturated carbocycles. The Labute approximate surface area is 216 Å². The first-order chi connectivity index (χ1) is 18.2. The zero-order valence-electron chi connectivity index (χ0n) is 20.2. The molecule has 0 bridgehead atoms. The molecular formula is C28H23F2NO7. The highest BCUT2D eigenvalue weighted by molar-refractivity contribution is 5.92. The van der Waals surface area contributed by atoms with E-state index in [9.17, 15) is 23.5 Å². The van der Waals surface area contributed by atoms with Gasteiger partial charge in [0.15, 0.2) is 11.5 Å². The van der Waals surface area contributed by atoms with Crippen molar-refractivity contribution in [3.63, 3.8) is 0 Å². The Balaban J connectivity index is 1.28. The minimum atomic E-state index is -3.73. The van der Waals surface area contributed by atoms with Gasteiger partial charge in [-0.15, -0.1) is 8.78 Å². The van der Waals surface area contributed by atoms with Crippen molar-refractivity contribution in [3.05, 3.63) is 82.9 Å². The Morgan fingerprint density at radius 1 is 0.974 bits per heavy atom. The minimum Gasteiger partial charge on any atom is -0.497 e. The predicted octanol–water partition coefficient (Wildman–Crippen LogP) is 5.13. The molecule has 2 aliphatic heterocycles. The van der Waals surface area contributed by atoms with Gasteiger partial charge in [0, 0.05) is 18.1 Å². The summed E-state index contributed by atoms with van der Waals surface area (Å²) in [4.78, 5) is 24.9. The lowest BCUT2D eigenvalue weighted by Crippen LogP contribution is -2.39. The van der Waals surface area contributed by atoms with Crippen LogP contribution in [0.3, 0.4) is 0 Å². The van der Waals surface area contributed by atoms with Crippen LogP contribution in [0.15, 0.2) is 60.7 Å². The molecule has 1 aliphatic carbocycles. The normalized spacial score (nSPS) is 21.6. The molecule has 2 heterocycles. The molecule has 1 amide bonds. The number of hydrogen-bond donors (Lipinski definition) is 2. The number of halogens is 2. The van der Waals surface area contributed by atoms with Crippen LogP contribution in [0.25, 0.3) is 0 Å². The van der Waals surface area contributed by atoms with Gasteiger partial charge in [-0.1, -0.05) is 18.2 Å². The van der Waals surface area contributed by atoms with E-state index in [4.69, 9.17) is 9.47 Å². The Bertz CT molecular complexity index is 1440. The summed E-state index contributed by atoms with van der Waals surface area (Å²) in [6.07, 6.45) is -2.65. The number of amides is 1. The third kappa shape index (κ3) is 4.15. The van der Waals surface area contributed by atoms with Crippen LogP contribution in [0, 0.1) is 0 Å². The van der Waals surface area contributed by atoms with Crippen molar-refractivity contribution in [2.24, 2.45) is 0 Å². The van der Waals surface area contributed by atoms with Crippen molar-refractivity contribution in [2.45, 2.75) is 43.1 Å². The SMILES string of the molecule is COc1ccc2c(c1)O[C@@H](c1ccc(C(=O)O)cc1)C[C@H]2NC(=O)C1(c2ccc3c(c2)OC(F)(F)O3)CC1. The maximum absolute atomic E-state index is 13.7. The lowest BCUT2D eigenvalue weighted by Gasteiger charge is -2.34. The molecule has 0 unspecified atom stereocenters. The number of aromatic carboxylic acids is 1. The molecule has 2 N–H and O–H groups in total. The molecular weight excluding hydrogens is 500 g/mol. The number of ether oxygens (including phenoxy) is 4. The fourth-order valence-corrected chi connectivity index (χ4v) is 5.07. The maximum atomic E-state index is 13.7. The zero-order chi connectivity index (χ0) is 26.7. The predicted molar refractivity (Wildman–Crippen MR) is 129 cm³/mol. The van der Waals surface area contributed by atoms with Gasteiger partial charge in [-0.25, -0.2) is 4.79 Å². The van der Waals surface area contributed by atoms with E-state index < -0.39 is 29.8 Å². The lowest BCUT2D eigenvalue weighted by molar-refractivity contribution is -0.286. The largest absolute Gasteiger partial charge is 0.586 e. The van der Waals surface area contributed by atoms with Gasteiger partial charge in [0.1, 0.15) is 17.6 Å². The van der Waals surface area contributed by atoms with E-state index in [1.54, 1.807) is 37.4 Å². The van der Waals surface area contributed by atoms with Gasteiger partial charge in [-0.3, -0.25) is 4.79 Å². The van der Waals surface area contributed by atoms with Crippen LogP contribution < -0.4 is 24.3 Å². The Hall–Kier alpha value is -4.34. The van der Waals surface area contributed by atoms with E-state index in [0.717, 1.165) is 11.1 Å². The number of carboxylic acids is 1. The molecule has 196 valence electrons. The zero-order valence-corrected chi connectivity index (χ0v) is 20.2. The highest BCUT2D eigenvalue weighted by atomic mass is 19.3. The summed E-state index contributed by atoms with van der Waals surface area (Å²) in [5.74, 6) is -0.283. The minimum absolute atomic E-state index is 0.0704. The second-order valence-electron chi connectivity index (χ2n) is 9.61. The summed E-state index contributed by atoms with van der Waals surface area (Å²) >= 11 is 0. The molecule has 3 aromatic rings. The van der Waals surface area contributed by atoms with Crippen molar-refractivity contribution in [2.75, 3.05) is 7.11 Å². The van der Waals surface area contributed by atoms with Gasteiger partial charge < -0.3 is 29.4 Å². The molecule has 0 aromatic heterocycles. The van der Waals surface area contributed by atoms with Gasteiger partial charge in [0.2, 0.25) is 5.91 Å². The van der Waals surface area contributed by atoms with Crippen LogP contribution >= 0.6 is 0 Å². The highest BCUT2D eigenvalue weighted by Gasteiger charge is 2.53. The molecule has 8 nitrogen and oxygen atoms in total. The molecule has 2 atom stereocenters. The van der Waals surface area contributed by atoms with Crippen LogP contribution in [0.2, 0.25) is 0 Å². The van der Waals surface area contributed by atoms with Crippen LogP contribution in [0.5, 0.6) is 23.0 Å². The monoisotopic (exact) mass is 523 g/mol. The molecule has 3 aliphatic rings. The second-order valence-corrected chi connectivity index (χ2v) is 9.61. The van der Waals surface area contributed by atoms with Crippen molar-refractivity contribution < 1.29 is 42.4 Å². The standard InChI is InChI=1S/C28H23F2NO7/c1-35-18-7-8-19-20(14-22(36-23(19)13-18)15-2-4-16(5-3-15)25(32)33)31-26(34)27(10-11-27)17-6-9-21-24(12-17)38-28(29,30)37-21/h2-9,12-13,20,22H,10-11,14H2,1H3,(H,31,34)(H,32,33)/t20-,22-/m1/s1. The van der Waals surface area contributed by atoms with Gasteiger partial charge >= 0.3 is 12.3 Å². The van der Waals surface area contributed by atoms with Gasteiger partial charge in [-0.2, -0.15) is 0 Å². The first-order valence-corrected chi connectivity index (χ1v) is 12.1. The van der Waals surface area contributed by atoms with E-state index in [-0.39, 0.29) is 23.0 Å². The average molecular weight is 523 g/mol. The van der Waals surface area contributed by atoms with Crippen molar-refractivity contribution in [3.8, 4) is 23.0 Å². The molecule has 0 spiro atoms. The van der Waals surface area contributed by atoms with E-state index in [2.05, 4.69) is 14.8 Å². The number of carboxylic acid groups (broad SMARTS) is 1. The number of carbonyl (C=O) groups is 2. The Morgan fingerprint density at radius 3 is 2.39 bits per heavy atom. The molecule has 0 saturated heterocycles. The molecule has 38 heavy (non-hydrogen) atoms. The Kier molecular flexibility index (Phi) is 5.44. The summed E-state index contributed by atoms with van der Waals surface area (Å²) in [7, 11) is 1.55. The maximum Gasteiger partial charge on any atom is 0.586 e. The third-order valence-electron chi connectivity index (χ3n) is 7.29. The summed E-state index contributed by atoms with van der Waals surface area (Å²) in [5, 5.41) is 12.4. The number of methoxy groups -OCH3 is 1. The molecule has 0 radical (unpaired) electrons. The fraction of sp³-hybridized carbons (Fsp3) is 0.286. The smallest absolute Gasteiger partial charge is 0.497 e. The molecule has 6 rings (SSSR count). The number of hydrogen-bond acceptors (Lipinski definition) is 6. The van der Waals surface area contributed by atoms with E-state index in [1.165, 1.54) is 24.3 Å². The Morgan fingerprint density at radius 2 is 1.71 bits per heavy atom. The van der Waals surface area contributed by atoms with Crippen molar-refractivity contribution in [1.82, 2.24) is 5.32 Å². The first-order valence-electron chi connectivity index (χ1n) is 12.1. The average Bonchev–Trinajstić information content (AvgIpc) is 3.65. The second kappa shape index (κ2) is 8.61. The fourth-order valence-electron chi connectivity index (χ4n) is 5.07. The lowest BCUT2D eigenvalue weighted by atomic mass is 9.90. The number of rotatable bonds is 6. The molecule has 1 fully saturated rings. The van der Waals surface area contributed by atoms with Crippen LogP contribution in [-0.2, 0) is 10.2 Å². The van der Waals surface area contributed by atoms with Crippen LogP contribution in [-0.4, -0.2) is 30.4 Å². The highest BCUT2D eigenvalue weighted by Crippen LogP contribution is 2.53. The van der Waals surface area contributed by atoms with Gasteiger partial charge in [0.05, 0.1) is 24.1 Å². The van der Waals surface area contributed by atoms with Gasteiger partial charge in [0.25, 0.3) is 0 Å². The summed E-state index contributed by atoms with van der Waals surface area (Å²) in [5.41, 5.74) is 1.42. The van der Waals surface area contributed by atoms with E-state index in [0.29, 0.717) is 36.3 Å². The quantitative estimate of drug-likeness (QED) is 0.462. The van der Waals surface area contributed by atoms with Crippen LogP contribution in [0.1, 0.15) is 58.5 Å². The topological polar surface area (TPSA) is 103 Å². The van der Waals surface area contributed by atoms with Crippen molar-refractivity contribution in [1.29, 1.82) is 0 Å². The number of benzene rings is 3. The van der Waals surface area contributed by atoms with E-state index >= 15 is 0 Å². The molecule has 3 aromatic carbocycles. The summed E-state index contributed by atoms with van der Waals surface area (Å²) in [6, 6.07) is 15.8. The third-order valence-corrected chi connectivity index (χ3v) is 7.29. The molecule has 10 heteroatoms. The number of carbonyl (C=O) groups excluding carboxylic acids is 1. The van der Waals surface area contributed by atoms with Crippen LogP contribution in [0.4, 0.5) is 8.78 Å².